The van der Waals surface area contributed by atoms with Crippen molar-refractivity contribution in [1.82, 2.24) is 10.2 Å². The van der Waals surface area contributed by atoms with Crippen molar-refractivity contribution in [3.05, 3.63) is 101 Å². The summed E-state index contributed by atoms with van der Waals surface area (Å²) in [6.45, 7) is 6.86. The largest absolute Gasteiger partial charge is 0.352 e. The highest BCUT2D eigenvalue weighted by atomic mass is 32.2. The standard InChI is InChI=1S/C30H36FN3O4S/c1-21(2)32-30(36)28(18-24-9-7-6-8-10-24)33(19-25-11-13-26(31)14-12-25)29(35)20-34(39(5,37)38)27-16-22(3)15-23(4)17-27/h6-17,21,28H,18-20H2,1-5H3,(H,32,36)/t28-/m0/s1. The molecule has 0 radical (unpaired) electrons. The van der Waals surface area contributed by atoms with E-state index in [9.17, 15) is 22.4 Å². The Morgan fingerprint density at radius 1 is 0.897 bits per heavy atom. The van der Waals surface area contributed by atoms with Gasteiger partial charge < -0.3 is 10.2 Å². The summed E-state index contributed by atoms with van der Waals surface area (Å²) in [7, 11) is -3.85. The Balaban J connectivity index is 2.06. The molecule has 0 saturated heterocycles. The second kappa shape index (κ2) is 12.9. The molecule has 208 valence electrons. The van der Waals surface area contributed by atoms with Gasteiger partial charge in [0.2, 0.25) is 21.8 Å². The number of halogens is 1. The third kappa shape index (κ3) is 8.64. The van der Waals surface area contributed by atoms with Gasteiger partial charge in [-0.2, -0.15) is 0 Å². The molecule has 0 saturated carbocycles. The van der Waals surface area contributed by atoms with E-state index in [0.29, 0.717) is 11.3 Å². The number of carbonyl (C=O) groups excluding carboxylic acids is 2. The SMILES string of the molecule is Cc1cc(C)cc(N(CC(=O)N(Cc2ccc(F)cc2)[C@@H](Cc2ccccc2)C(=O)NC(C)C)S(C)(=O)=O)c1. The minimum Gasteiger partial charge on any atom is -0.352 e. The molecule has 39 heavy (non-hydrogen) atoms. The Bertz CT molecular complexity index is 1370. The molecule has 2 amide bonds. The molecule has 3 aromatic carbocycles. The Morgan fingerprint density at radius 3 is 2.03 bits per heavy atom. The number of rotatable bonds is 11. The van der Waals surface area contributed by atoms with Crippen molar-refractivity contribution in [3.63, 3.8) is 0 Å². The van der Waals surface area contributed by atoms with E-state index in [2.05, 4.69) is 5.32 Å². The first-order valence-corrected chi connectivity index (χ1v) is 14.6. The smallest absolute Gasteiger partial charge is 0.244 e. The van der Waals surface area contributed by atoms with E-state index in [0.717, 1.165) is 27.3 Å². The summed E-state index contributed by atoms with van der Waals surface area (Å²) in [5, 5.41) is 2.90. The number of aryl methyl sites for hydroxylation is 2. The number of amides is 2. The van der Waals surface area contributed by atoms with Crippen LogP contribution in [0.25, 0.3) is 0 Å². The lowest BCUT2D eigenvalue weighted by atomic mass is 10.0. The predicted octanol–water partition coefficient (Wildman–Crippen LogP) is 4.37. The third-order valence-electron chi connectivity index (χ3n) is 6.14. The van der Waals surface area contributed by atoms with Crippen LogP contribution in [-0.2, 0) is 32.6 Å². The highest BCUT2D eigenvalue weighted by Crippen LogP contribution is 2.23. The first-order valence-electron chi connectivity index (χ1n) is 12.8. The lowest BCUT2D eigenvalue weighted by Crippen LogP contribution is -2.54. The fourth-order valence-corrected chi connectivity index (χ4v) is 5.26. The molecule has 0 fully saturated rings. The summed E-state index contributed by atoms with van der Waals surface area (Å²) in [6.07, 6.45) is 1.27. The van der Waals surface area contributed by atoms with Crippen LogP contribution in [-0.4, -0.2) is 50.0 Å². The Labute approximate surface area is 230 Å². The molecule has 0 unspecified atom stereocenters. The highest BCUT2D eigenvalue weighted by Gasteiger charge is 2.33. The number of hydrogen-bond acceptors (Lipinski definition) is 4. The molecule has 3 rings (SSSR count). The van der Waals surface area contributed by atoms with Crippen molar-refractivity contribution in [2.45, 2.75) is 52.7 Å². The fraction of sp³-hybridized carbons (Fsp3) is 0.333. The van der Waals surface area contributed by atoms with Gasteiger partial charge in [0.1, 0.15) is 18.4 Å². The first kappa shape index (κ1) is 29.8. The van der Waals surface area contributed by atoms with Crippen molar-refractivity contribution < 1.29 is 22.4 Å². The second-order valence-corrected chi connectivity index (χ2v) is 12.0. The fourth-order valence-electron chi connectivity index (χ4n) is 4.43. The van der Waals surface area contributed by atoms with Gasteiger partial charge in [-0.15, -0.1) is 0 Å². The quantitative estimate of drug-likeness (QED) is 0.382. The molecule has 7 nitrogen and oxygen atoms in total. The van der Waals surface area contributed by atoms with Crippen molar-refractivity contribution in [3.8, 4) is 0 Å². The van der Waals surface area contributed by atoms with Gasteiger partial charge in [0.25, 0.3) is 0 Å². The van der Waals surface area contributed by atoms with E-state index in [1.165, 1.54) is 17.0 Å². The van der Waals surface area contributed by atoms with Gasteiger partial charge in [-0.1, -0.05) is 48.5 Å². The maximum Gasteiger partial charge on any atom is 0.244 e. The zero-order valence-corrected chi connectivity index (χ0v) is 23.8. The van der Waals surface area contributed by atoms with Crippen LogP contribution in [0.1, 0.15) is 36.1 Å². The molecule has 0 aliphatic heterocycles. The number of anilines is 1. The highest BCUT2D eigenvalue weighted by molar-refractivity contribution is 7.92. The van der Waals surface area contributed by atoms with E-state index < -0.39 is 34.3 Å². The van der Waals surface area contributed by atoms with Crippen LogP contribution in [0.15, 0.2) is 72.8 Å². The van der Waals surface area contributed by atoms with Crippen LogP contribution in [0.5, 0.6) is 0 Å². The average Bonchev–Trinajstić information content (AvgIpc) is 2.84. The number of sulfonamides is 1. The van der Waals surface area contributed by atoms with Crippen LogP contribution in [0.4, 0.5) is 10.1 Å². The lowest BCUT2D eigenvalue weighted by molar-refractivity contribution is -0.140. The molecule has 9 heteroatoms. The van der Waals surface area contributed by atoms with Gasteiger partial charge >= 0.3 is 0 Å². The monoisotopic (exact) mass is 553 g/mol. The second-order valence-electron chi connectivity index (χ2n) is 10.1. The van der Waals surface area contributed by atoms with Crippen LogP contribution < -0.4 is 9.62 Å². The normalized spacial score (nSPS) is 12.2. The van der Waals surface area contributed by atoms with Crippen molar-refractivity contribution in [2.24, 2.45) is 0 Å². The molecule has 3 aromatic rings. The van der Waals surface area contributed by atoms with Gasteiger partial charge in [0, 0.05) is 19.0 Å². The summed E-state index contributed by atoms with van der Waals surface area (Å²) in [4.78, 5) is 28.9. The van der Waals surface area contributed by atoms with Crippen LogP contribution in [0.2, 0.25) is 0 Å². The minimum atomic E-state index is -3.85. The molecule has 1 N–H and O–H groups in total. The molecule has 1 atom stereocenters. The summed E-state index contributed by atoms with van der Waals surface area (Å²) in [5.74, 6) is -1.33. The number of carbonyl (C=O) groups is 2. The van der Waals surface area contributed by atoms with E-state index in [1.807, 2.05) is 64.1 Å². The molecule has 0 bridgehead atoms. The molecule has 0 aliphatic rings. The maximum absolute atomic E-state index is 14.0. The van der Waals surface area contributed by atoms with E-state index in [4.69, 9.17) is 0 Å². The summed E-state index contributed by atoms with van der Waals surface area (Å²) in [6, 6.07) is 19.2. The van der Waals surface area contributed by atoms with Gasteiger partial charge in [-0.05, 0) is 74.2 Å². The Hall–Kier alpha value is -3.72. The van der Waals surface area contributed by atoms with Crippen LogP contribution in [0, 0.1) is 19.7 Å². The summed E-state index contributed by atoms with van der Waals surface area (Å²) < 4.78 is 40.5. The first-order chi connectivity index (χ1) is 18.3. The minimum absolute atomic E-state index is 0.00737. The van der Waals surface area contributed by atoms with Crippen LogP contribution in [0.3, 0.4) is 0 Å². The Morgan fingerprint density at radius 2 is 1.49 bits per heavy atom. The molecule has 0 aromatic heterocycles. The van der Waals surface area contributed by atoms with Crippen LogP contribution >= 0.6 is 0 Å². The number of nitrogens with zero attached hydrogens (tertiary/aromatic N) is 2. The maximum atomic E-state index is 14.0. The molecule has 0 aliphatic carbocycles. The summed E-state index contributed by atoms with van der Waals surface area (Å²) in [5.41, 5.74) is 3.53. The zero-order valence-electron chi connectivity index (χ0n) is 23.0. The topological polar surface area (TPSA) is 86.8 Å². The number of benzene rings is 3. The predicted molar refractivity (Wildman–Crippen MR) is 152 cm³/mol. The third-order valence-corrected chi connectivity index (χ3v) is 7.28. The van der Waals surface area contributed by atoms with E-state index >= 15 is 0 Å². The zero-order chi connectivity index (χ0) is 28.7. The van der Waals surface area contributed by atoms with E-state index in [1.54, 1.807) is 24.3 Å². The van der Waals surface area contributed by atoms with Gasteiger partial charge in [0.15, 0.2) is 0 Å². The van der Waals surface area contributed by atoms with E-state index in [-0.39, 0.29) is 24.9 Å². The average molecular weight is 554 g/mol. The van der Waals surface area contributed by atoms with Crippen molar-refractivity contribution in [1.29, 1.82) is 0 Å². The van der Waals surface area contributed by atoms with Gasteiger partial charge in [-0.3, -0.25) is 13.9 Å². The number of nitrogens with one attached hydrogen (secondary N) is 1. The molecular weight excluding hydrogens is 517 g/mol. The molecular formula is C30H36FN3O4S. The molecule has 0 spiro atoms. The lowest BCUT2D eigenvalue weighted by Gasteiger charge is -2.34. The van der Waals surface area contributed by atoms with Gasteiger partial charge in [-0.25, -0.2) is 12.8 Å². The summed E-state index contributed by atoms with van der Waals surface area (Å²) >= 11 is 0. The van der Waals surface area contributed by atoms with Crippen molar-refractivity contribution >= 4 is 27.5 Å². The molecule has 0 heterocycles. The number of hydrogen-bond donors (Lipinski definition) is 1. The van der Waals surface area contributed by atoms with Gasteiger partial charge in [0.05, 0.1) is 11.9 Å². The van der Waals surface area contributed by atoms with Crippen molar-refractivity contribution in [2.75, 3.05) is 17.1 Å². The Kier molecular flexibility index (Phi) is 9.86.